The van der Waals surface area contributed by atoms with Gasteiger partial charge in [-0.25, -0.2) is 4.39 Å². The first-order valence-electron chi connectivity index (χ1n) is 5.93. The molecule has 4 heteroatoms. The van der Waals surface area contributed by atoms with E-state index in [0.717, 1.165) is 21.2 Å². The molecule has 19 heavy (non-hydrogen) atoms. The van der Waals surface area contributed by atoms with Crippen molar-refractivity contribution >= 4 is 27.5 Å². The summed E-state index contributed by atoms with van der Waals surface area (Å²) >= 11 is 9.48. The van der Waals surface area contributed by atoms with E-state index in [1.165, 1.54) is 12.1 Å². The molecule has 100 valence electrons. The summed E-state index contributed by atoms with van der Waals surface area (Å²) in [6.07, 6.45) is 0.513. The van der Waals surface area contributed by atoms with Gasteiger partial charge in [-0.2, -0.15) is 0 Å². The number of hydrogen-bond acceptors (Lipinski definition) is 1. The van der Waals surface area contributed by atoms with Gasteiger partial charge in [0, 0.05) is 15.5 Å². The Kier molecular flexibility index (Phi) is 4.61. The molecule has 0 aliphatic rings. The molecule has 0 heterocycles. The molecular weight excluding hydrogens is 329 g/mol. The van der Waals surface area contributed by atoms with Crippen LogP contribution in [0.4, 0.5) is 4.39 Å². The van der Waals surface area contributed by atoms with Gasteiger partial charge in [-0.1, -0.05) is 33.6 Å². The van der Waals surface area contributed by atoms with Gasteiger partial charge in [0.2, 0.25) is 0 Å². The fraction of sp³-hybridized carbons (Fsp3) is 0.200. The van der Waals surface area contributed by atoms with Crippen molar-refractivity contribution in [2.75, 3.05) is 0 Å². The summed E-state index contributed by atoms with van der Waals surface area (Å²) in [5.74, 6) is -0.292. The van der Waals surface area contributed by atoms with Crippen molar-refractivity contribution < 1.29 is 4.39 Å². The number of halogens is 3. The molecule has 0 spiro atoms. The molecule has 0 radical (unpaired) electrons. The smallest absolute Gasteiger partial charge is 0.123 e. The maximum absolute atomic E-state index is 13.2. The lowest BCUT2D eigenvalue weighted by Crippen LogP contribution is -2.15. The summed E-state index contributed by atoms with van der Waals surface area (Å²) in [5.41, 5.74) is 9.08. The minimum Gasteiger partial charge on any atom is -0.324 e. The van der Waals surface area contributed by atoms with Gasteiger partial charge < -0.3 is 5.73 Å². The zero-order chi connectivity index (χ0) is 14.0. The molecule has 1 nitrogen and oxygen atoms in total. The Morgan fingerprint density at radius 2 is 2.00 bits per heavy atom. The highest BCUT2D eigenvalue weighted by molar-refractivity contribution is 9.10. The Labute approximate surface area is 125 Å². The van der Waals surface area contributed by atoms with Gasteiger partial charge in [0.05, 0.1) is 0 Å². The second-order valence-electron chi connectivity index (χ2n) is 4.55. The quantitative estimate of drug-likeness (QED) is 0.852. The van der Waals surface area contributed by atoms with Gasteiger partial charge in [0.15, 0.2) is 0 Å². The molecule has 0 aliphatic heterocycles. The maximum atomic E-state index is 13.2. The molecule has 0 aliphatic carbocycles. The molecule has 2 rings (SSSR count). The monoisotopic (exact) mass is 341 g/mol. The normalized spacial score (nSPS) is 12.5. The van der Waals surface area contributed by atoms with Crippen molar-refractivity contribution in [3.05, 3.63) is 68.4 Å². The van der Waals surface area contributed by atoms with Crippen molar-refractivity contribution in [2.24, 2.45) is 5.73 Å². The molecule has 1 unspecified atom stereocenters. The summed E-state index contributed by atoms with van der Waals surface area (Å²) in [5, 5.41) is 0.548. The first-order valence-corrected chi connectivity index (χ1v) is 7.10. The molecule has 1 atom stereocenters. The number of aryl methyl sites for hydroxylation is 1. The second kappa shape index (κ2) is 6.04. The van der Waals surface area contributed by atoms with Crippen molar-refractivity contribution in [1.29, 1.82) is 0 Å². The fourth-order valence-corrected chi connectivity index (χ4v) is 2.77. The SMILES string of the molecule is Cc1cc(Br)ccc1C(N)Cc1cc(F)ccc1Cl. The summed E-state index contributed by atoms with van der Waals surface area (Å²) in [6.45, 7) is 2.01. The molecule has 0 aromatic heterocycles. The third-order valence-electron chi connectivity index (χ3n) is 3.08. The molecule has 2 N–H and O–H groups in total. The van der Waals surface area contributed by atoms with E-state index in [1.54, 1.807) is 6.07 Å². The third kappa shape index (κ3) is 3.56. The molecule has 0 saturated carbocycles. The van der Waals surface area contributed by atoms with Crippen LogP contribution in [0.25, 0.3) is 0 Å². The van der Waals surface area contributed by atoms with Crippen molar-refractivity contribution in [1.82, 2.24) is 0 Å². The number of hydrogen-bond donors (Lipinski definition) is 1. The topological polar surface area (TPSA) is 26.0 Å². The van der Waals surface area contributed by atoms with Crippen LogP contribution in [0.2, 0.25) is 5.02 Å². The highest BCUT2D eigenvalue weighted by Crippen LogP contribution is 2.26. The van der Waals surface area contributed by atoms with Crippen LogP contribution in [-0.4, -0.2) is 0 Å². The predicted octanol–water partition coefficient (Wildman–Crippen LogP) is 4.79. The van der Waals surface area contributed by atoms with Crippen LogP contribution >= 0.6 is 27.5 Å². The largest absolute Gasteiger partial charge is 0.324 e. The van der Waals surface area contributed by atoms with Crippen molar-refractivity contribution in [3.8, 4) is 0 Å². The van der Waals surface area contributed by atoms with Crippen LogP contribution < -0.4 is 5.73 Å². The van der Waals surface area contributed by atoms with Crippen LogP contribution in [-0.2, 0) is 6.42 Å². The summed E-state index contributed by atoms with van der Waals surface area (Å²) in [6, 6.07) is 10.1. The van der Waals surface area contributed by atoms with Crippen LogP contribution in [0.3, 0.4) is 0 Å². The summed E-state index contributed by atoms with van der Waals surface area (Å²) in [7, 11) is 0. The van der Waals surface area contributed by atoms with E-state index in [1.807, 2.05) is 25.1 Å². The van der Waals surface area contributed by atoms with Gasteiger partial charge in [0.25, 0.3) is 0 Å². The minimum absolute atomic E-state index is 0.201. The highest BCUT2D eigenvalue weighted by Gasteiger charge is 2.12. The van der Waals surface area contributed by atoms with Crippen molar-refractivity contribution in [3.63, 3.8) is 0 Å². The molecule has 2 aromatic rings. The minimum atomic E-state index is -0.292. The van der Waals surface area contributed by atoms with Crippen LogP contribution in [0.15, 0.2) is 40.9 Å². The summed E-state index contributed by atoms with van der Waals surface area (Å²) in [4.78, 5) is 0. The number of rotatable bonds is 3. The van der Waals surface area contributed by atoms with E-state index in [-0.39, 0.29) is 11.9 Å². The van der Waals surface area contributed by atoms with Crippen LogP contribution in [0.1, 0.15) is 22.7 Å². The second-order valence-corrected chi connectivity index (χ2v) is 5.87. The first kappa shape index (κ1) is 14.5. The van der Waals surface area contributed by atoms with E-state index in [9.17, 15) is 4.39 Å². The van der Waals surface area contributed by atoms with E-state index < -0.39 is 0 Å². The van der Waals surface area contributed by atoms with Gasteiger partial charge in [-0.3, -0.25) is 0 Å². The molecular formula is C15H14BrClFN. The van der Waals surface area contributed by atoms with Gasteiger partial charge in [-0.15, -0.1) is 0 Å². The van der Waals surface area contributed by atoms with Gasteiger partial charge in [-0.05, 0) is 60.4 Å². The Bertz CT molecular complexity index is 601. The number of nitrogens with two attached hydrogens (primary N) is 1. The van der Waals surface area contributed by atoms with E-state index in [0.29, 0.717) is 11.4 Å². The Balaban J connectivity index is 2.25. The van der Waals surface area contributed by atoms with Gasteiger partial charge in [0.1, 0.15) is 5.82 Å². The van der Waals surface area contributed by atoms with Crippen LogP contribution in [0.5, 0.6) is 0 Å². The van der Waals surface area contributed by atoms with Crippen molar-refractivity contribution in [2.45, 2.75) is 19.4 Å². The molecule has 2 aromatic carbocycles. The molecule has 0 fully saturated rings. The Morgan fingerprint density at radius 3 is 2.68 bits per heavy atom. The van der Waals surface area contributed by atoms with E-state index >= 15 is 0 Å². The zero-order valence-electron chi connectivity index (χ0n) is 10.5. The van der Waals surface area contributed by atoms with Gasteiger partial charge >= 0.3 is 0 Å². The fourth-order valence-electron chi connectivity index (χ4n) is 2.10. The highest BCUT2D eigenvalue weighted by atomic mass is 79.9. The summed E-state index contributed by atoms with van der Waals surface area (Å²) < 4.78 is 14.2. The predicted molar refractivity (Wildman–Crippen MR) is 80.9 cm³/mol. The number of benzene rings is 2. The lowest BCUT2D eigenvalue weighted by Gasteiger charge is -2.16. The lowest BCUT2D eigenvalue weighted by atomic mass is 9.96. The molecule has 0 amide bonds. The zero-order valence-corrected chi connectivity index (χ0v) is 12.8. The maximum Gasteiger partial charge on any atom is 0.123 e. The Hall–Kier alpha value is -0.900. The standard InChI is InChI=1S/C15H14BrClFN/c1-9-6-11(16)2-4-13(9)15(19)8-10-7-12(18)3-5-14(10)17/h2-7,15H,8,19H2,1H3. The molecule has 0 saturated heterocycles. The first-order chi connectivity index (χ1) is 8.97. The average Bonchev–Trinajstić information content (AvgIpc) is 2.33. The Morgan fingerprint density at radius 1 is 1.26 bits per heavy atom. The van der Waals surface area contributed by atoms with E-state index in [4.69, 9.17) is 17.3 Å². The lowest BCUT2D eigenvalue weighted by molar-refractivity contribution is 0.622. The third-order valence-corrected chi connectivity index (χ3v) is 3.94. The molecule has 0 bridgehead atoms. The average molecular weight is 343 g/mol. The van der Waals surface area contributed by atoms with E-state index in [2.05, 4.69) is 15.9 Å². The van der Waals surface area contributed by atoms with Crippen LogP contribution in [0, 0.1) is 12.7 Å².